The van der Waals surface area contributed by atoms with Crippen LogP contribution in [0.15, 0.2) is 12.2 Å². The minimum atomic E-state index is 0.350. The second-order valence-corrected chi connectivity index (χ2v) is 6.56. The highest BCUT2D eigenvalue weighted by Gasteiger charge is 1.96. The van der Waals surface area contributed by atoms with Gasteiger partial charge < -0.3 is 10.3 Å². The smallest absolute Gasteiger partial charge is 0.0431 e. The first kappa shape index (κ1) is 22.6. The van der Waals surface area contributed by atoms with Crippen molar-refractivity contribution in [3.05, 3.63) is 12.2 Å². The van der Waals surface area contributed by atoms with Crippen LogP contribution >= 0.6 is 0 Å². The highest BCUT2D eigenvalue weighted by Crippen LogP contribution is 2.10. The standard InChI is InChI=1S/C20H41NO2/c1-2-21(23)19-17-15-13-11-9-7-5-3-4-6-8-10-12-14-16-18-20-22/h3-4,22-23H,2,5-20H2,1H3/b4-3-. The molecule has 23 heavy (non-hydrogen) atoms. The predicted molar refractivity (Wildman–Crippen MR) is 99.9 cm³/mol. The molecule has 0 fully saturated rings. The van der Waals surface area contributed by atoms with Crippen LogP contribution < -0.4 is 0 Å². The zero-order chi connectivity index (χ0) is 17.0. The number of hydrogen-bond acceptors (Lipinski definition) is 3. The summed E-state index contributed by atoms with van der Waals surface area (Å²) in [5.41, 5.74) is 0. The minimum Gasteiger partial charge on any atom is -0.396 e. The fourth-order valence-electron chi connectivity index (χ4n) is 2.74. The lowest BCUT2D eigenvalue weighted by atomic mass is 10.1. The molecule has 138 valence electrons. The number of aliphatic hydroxyl groups is 1. The molecular weight excluding hydrogens is 286 g/mol. The van der Waals surface area contributed by atoms with Gasteiger partial charge >= 0.3 is 0 Å². The molecule has 3 heteroatoms. The van der Waals surface area contributed by atoms with Gasteiger partial charge in [0.25, 0.3) is 0 Å². The Hall–Kier alpha value is -0.380. The maximum atomic E-state index is 9.30. The van der Waals surface area contributed by atoms with E-state index in [4.69, 9.17) is 5.11 Å². The molecule has 0 spiro atoms. The van der Waals surface area contributed by atoms with Crippen molar-refractivity contribution in [1.82, 2.24) is 5.06 Å². The molecule has 0 atom stereocenters. The van der Waals surface area contributed by atoms with Crippen molar-refractivity contribution in [2.75, 3.05) is 19.7 Å². The quantitative estimate of drug-likeness (QED) is 0.192. The van der Waals surface area contributed by atoms with Crippen LogP contribution in [0.5, 0.6) is 0 Å². The summed E-state index contributed by atoms with van der Waals surface area (Å²) in [6.07, 6.45) is 22.2. The Balaban J connectivity index is 3.08. The fourth-order valence-corrected chi connectivity index (χ4v) is 2.74. The van der Waals surface area contributed by atoms with E-state index >= 15 is 0 Å². The van der Waals surface area contributed by atoms with Crippen molar-refractivity contribution in [3.63, 3.8) is 0 Å². The lowest BCUT2D eigenvalue weighted by Gasteiger charge is -2.10. The number of hydroxylamine groups is 2. The molecule has 0 rings (SSSR count). The van der Waals surface area contributed by atoms with Crippen LogP contribution in [0.4, 0.5) is 0 Å². The zero-order valence-corrected chi connectivity index (χ0v) is 15.5. The van der Waals surface area contributed by atoms with Crippen LogP contribution in [0.3, 0.4) is 0 Å². The number of allylic oxidation sites excluding steroid dienone is 2. The summed E-state index contributed by atoms with van der Waals surface area (Å²) in [4.78, 5) is 0. The second kappa shape index (κ2) is 19.7. The van der Waals surface area contributed by atoms with Gasteiger partial charge in [-0.15, -0.1) is 0 Å². The molecule has 0 saturated heterocycles. The first-order chi connectivity index (χ1) is 11.3. The summed E-state index contributed by atoms with van der Waals surface area (Å²) >= 11 is 0. The van der Waals surface area contributed by atoms with Crippen molar-refractivity contribution < 1.29 is 10.3 Å². The van der Waals surface area contributed by atoms with Gasteiger partial charge in [-0.25, -0.2) is 0 Å². The molecule has 0 bridgehead atoms. The Bertz CT molecular complexity index is 244. The van der Waals surface area contributed by atoms with E-state index in [0.29, 0.717) is 6.61 Å². The maximum Gasteiger partial charge on any atom is 0.0431 e. The average molecular weight is 328 g/mol. The van der Waals surface area contributed by atoms with Crippen LogP contribution in [0, 0.1) is 0 Å². The molecule has 0 radical (unpaired) electrons. The van der Waals surface area contributed by atoms with E-state index in [2.05, 4.69) is 12.2 Å². The number of hydrogen-bond donors (Lipinski definition) is 2. The van der Waals surface area contributed by atoms with Crippen LogP contribution in [0.1, 0.15) is 96.8 Å². The van der Waals surface area contributed by atoms with Crippen molar-refractivity contribution in [1.29, 1.82) is 0 Å². The van der Waals surface area contributed by atoms with Crippen molar-refractivity contribution in [2.24, 2.45) is 0 Å². The molecule has 0 aliphatic carbocycles. The zero-order valence-electron chi connectivity index (χ0n) is 15.5. The van der Waals surface area contributed by atoms with Crippen LogP contribution in [0.25, 0.3) is 0 Å². The molecule has 0 aromatic carbocycles. The van der Waals surface area contributed by atoms with E-state index in [-0.39, 0.29) is 0 Å². The van der Waals surface area contributed by atoms with Gasteiger partial charge in [-0.05, 0) is 38.5 Å². The maximum absolute atomic E-state index is 9.30. The molecular formula is C20H41NO2. The van der Waals surface area contributed by atoms with Gasteiger partial charge in [-0.3, -0.25) is 0 Å². The number of unbranched alkanes of at least 4 members (excludes halogenated alkanes) is 12. The summed E-state index contributed by atoms with van der Waals surface area (Å²) in [6.45, 7) is 3.88. The molecule has 0 unspecified atom stereocenters. The van der Waals surface area contributed by atoms with E-state index in [9.17, 15) is 5.21 Å². The molecule has 0 saturated carbocycles. The third kappa shape index (κ3) is 19.6. The summed E-state index contributed by atoms with van der Waals surface area (Å²) in [5, 5.41) is 19.4. The number of rotatable bonds is 18. The lowest BCUT2D eigenvalue weighted by molar-refractivity contribution is -0.0869. The molecule has 0 amide bonds. The molecule has 2 N–H and O–H groups in total. The topological polar surface area (TPSA) is 43.7 Å². The summed E-state index contributed by atoms with van der Waals surface area (Å²) in [5.74, 6) is 0. The Kier molecular flexibility index (Phi) is 19.3. The summed E-state index contributed by atoms with van der Waals surface area (Å²) in [6, 6.07) is 0. The third-order valence-corrected chi connectivity index (χ3v) is 4.35. The van der Waals surface area contributed by atoms with Gasteiger partial charge in [-0.1, -0.05) is 70.4 Å². The number of aliphatic hydroxyl groups excluding tert-OH is 1. The van der Waals surface area contributed by atoms with Gasteiger partial charge in [0.1, 0.15) is 0 Å². The highest BCUT2D eigenvalue weighted by molar-refractivity contribution is 4.81. The Morgan fingerprint density at radius 3 is 1.57 bits per heavy atom. The fraction of sp³-hybridized carbons (Fsp3) is 0.900. The Morgan fingerprint density at radius 1 is 0.652 bits per heavy atom. The van der Waals surface area contributed by atoms with Gasteiger partial charge in [0.2, 0.25) is 0 Å². The normalized spacial score (nSPS) is 11.8. The van der Waals surface area contributed by atoms with Crippen molar-refractivity contribution >= 4 is 0 Å². The van der Waals surface area contributed by atoms with E-state index in [1.165, 1.54) is 82.1 Å². The molecule has 0 heterocycles. The SMILES string of the molecule is CCN(O)CCCCCCCC/C=C\CCCCCCCCO. The third-order valence-electron chi connectivity index (χ3n) is 4.35. The minimum absolute atomic E-state index is 0.350. The first-order valence-corrected chi connectivity index (χ1v) is 10.0. The second-order valence-electron chi connectivity index (χ2n) is 6.56. The van der Waals surface area contributed by atoms with Crippen LogP contribution in [-0.2, 0) is 0 Å². The molecule has 3 nitrogen and oxygen atoms in total. The van der Waals surface area contributed by atoms with Gasteiger partial charge in [0.05, 0.1) is 0 Å². The molecule has 0 aromatic rings. The Labute approximate surface area is 144 Å². The Morgan fingerprint density at radius 2 is 1.09 bits per heavy atom. The van der Waals surface area contributed by atoms with Crippen LogP contribution in [0.2, 0.25) is 0 Å². The van der Waals surface area contributed by atoms with E-state index in [0.717, 1.165) is 25.9 Å². The van der Waals surface area contributed by atoms with Gasteiger partial charge in [-0.2, -0.15) is 5.06 Å². The van der Waals surface area contributed by atoms with Crippen LogP contribution in [-0.4, -0.2) is 35.1 Å². The first-order valence-electron chi connectivity index (χ1n) is 10.0. The monoisotopic (exact) mass is 327 g/mol. The predicted octanol–water partition coefficient (Wildman–Crippen LogP) is 5.71. The number of nitrogens with zero attached hydrogens (tertiary/aromatic N) is 1. The van der Waals surface area contributed by atoms with Gasteiger partial charge in [0, 0.05) is 19.7 Å². The molecule has 0 aliphatic rings. The highest BCUT2D eigenvalue weighted by atomic mass is 16.5. The molecule has 0 aliphatic heterocycles. The average Bonchev–Trinajstić information content (AvgIpc) is 2.57. The van der Waals surface area contributed by atoms with E-state index < -0.39 is 0 Å². The summed E-state index contributed by atoms with van der Waals surface area (Å²) in [7, 11) is 0. The van der Waals surface area contributed by atoms with Gasteiger partial charge in [0.15, 0.2) is 0 Å². The van der Waals surface area contributed by atoms with Crippen molar-refractivity contribution in [2.45, 2.75) is 96.8 Å². The largest absolute Gasteiger partial charge is 0.396 e. The van der Waals surface area contributed by atoms with E-state index in [1.807, 2.05) is 6.92 Å². The summed E-state index contributed by atoms with van der Waals surface area (Å²) < 4.78 is 0. The van der Waals surface area contributed by atoms with E-state index in [1.54, 1.807) is 0 Å². The van der Waals surface area contributed by atoms with Crippen molar-refractivity contribution in [3.8, 4) is 0 Å². The lowest BCUT2D eigenvalue weighted by Crippen LogP contribution is -2.19. The molecule has 0 aromatic heterocycles.